The Morgan fingerprint density at radius 3 is 2.94 bits per heavy atom. The van der Waals surface area contributed by atoms with Crippen LogP contribution in [-0.2, 0) is 4.79 Å². The number of carbonyl (C=O) groups excluding carboxylic acids is 1. The van der Waals surface area contributed by atoms with Gasteiger partial charge >= 0.3 is 0 Å². The van der Waals surface area contributed by atoms with Crippen LogP contribution in [0.2, 0.25) is 0 Å². The van der Waals surface area contributed by atoms with Crippen molar-refractivity contribution in [2.24, 2.45) is 0 Å². The van der Waals surface area contributed by atoms with E-state index in [2.05, 4.69) is 15.6 Å². The van der Waals surface area contributed by atoms with E-state index in [1.165, 1.54) is 0 Å². The van der Waals surface area contributed by atoms with Crippen LogP contribution in [0.1, 0.15) is 26.0 Å². The molecule has 90 valence electrons. The largest absolute Gasteiger partial charge is 0.370 e. The summed E-state index contributed by atoms with van der Waals surface area (Å²) in [5.41, 5.74) is 0.363. The fourth-order valence-electron chi connectivity index (χ4n) is 1.29. The van der Waals surface area contributed by atoms with E-state index < -0.39 is 0 Å². The number of hydrogen-bond acceptors (Lipinski definition) is 4. The summed E-state index contributed by atoms with van der Waals surface area (Å²) in [4.78, 5) is 15.4. The molecule has 0 bridgehead atoms. The zero-order valence-corrected chi connectivity index (χ0v) is 10.0. The van der Waals surface area contributed by atoms with Gasteiger partial charge in [0, 0.05) is 19.0 Å². The van der Waals surface area contributed by atoms with Gasteiger partial charge in [0.25, 0.3) is 0 Å². The molecule has 0 aliphatic heterocycles. The second kappa shape index (κ2) is 6.48. The highest BCUT2D eigenvalue weighted by molar-refractivity contribution is 5.76. The van der Waals surface area contributed by atoms with Crippen LogP contribution in [0.4, 0.5) is 5.82 Å². The molecule has 1 aromatic rings. The lowest BCUT2D eigenvalue weighted by Crippen LogP contribution is -2.31. The van der Waals surface area contributed by atoms with Gasteiger partial charge in [-0.1, -0.05) is 6.07 Å². The van der Waals surface area contributed by atoms with Crippen molar-refractivity contribution in [2.45, 2.75) is 26.3 Å². The predicted octanol–water partition coefficient (Wildman–Crippen LogP) is 1.28. The van der Waals surface area contributed by atoms with E-state index in [1.54, 1.807) is 18.2 Å². The molecule has 0 fully saturated rings. The minimum Gasteiger partial charge on any atom is -0.370 e. The number of carbonyl (C=O) groups is 1. The van der Waals surface area contributed by atoms with Crippen LogP contribution in [0.3, 0.4) is 0 Å². The second-order valence-corrected chi connectivity index (χ2v) is 3.92. The van der Waals surface area contributed by atoms with Crippen molar-refractivity contribution >= 4 is 11.7 Å². The predicted molar refractivity (Wildman–Crippen MR) is 65.3 cm³/mol. The van der Waals surface area contributed by atoms with Gasteiger partial charge in [-0.05, 0) is 26.0 Å². The molecule has 2 N–H and O–H groups in total. The molecule has 5 nitrogen and oxygen atoms in total. The summed E-state index contributed by atoms with van der Waals surface area (Å²) in [7, 11) is 0. The molecule has 17 heavy (non-hydrogen) atoms. The third-order valence-corrected chi connectivity index (χ3v) is 1.97. The molecular formula is C12H16N4O. The fourth-order valence-corrected chi connectivity index (χ4v) is 1.29. The molecular weight excluding hydrogens is 216 g/mol. The summed E-state index contributed by atoms with van der Waals surface area (Å²) in [5, 5.41) is 14.5. The van der Waals surface area contributed by atoms with Gasteiger partial charge in [-0.15, -0.1) is 0 Å². The van der Waals surface area contributed by atoms with Gasteiger partial charge < -0.3 is 10.6 Å². The lowest BCUT2D eigenvalue weighted by Gasteiger charge is -2.09. The van der Waals surface area contributed by atoms with Crippen molar-refractivity contribution in [3.8, 4) is 6.07 Å². The molecule has 0 atom stereocenters. The Hall–Kier alpha value is -2.09. The summed E-state index contributed by atoms with van der Waals surface area (Å²) in [5.74, 6) is 0.616. The Bertz CT molecular complexity index is 423. The zero-order valence-electron chi connectivity index (χ0n) is 10.0. The highest BCUT2D eigenvalue weighted by Gasteiger charge is 2.03. The highest BCUT2D eigenvalue weighted by atomic mass is 16.1. The van der Waals surface area contributed by atoms with Crippen LogP contribution >= 0.6 is 0 Å². The van der Waals surface area contributed by atoms with Crippen molar-refractivity contribution < 1.29 is 4.79 Å². The topological polar surface area (TPSA) is 77.8 Å². The number of nitrogens with one attached hydrogen (secondary N) is 2. The lowest BCUT2D eigenvalue weighted by atomic mass is 10.3. The maximum atomic E-state index is 11.3. The summed E-state index contributed by atoms with van der Waals surface area (Å²) < 4.78 is 0. The number of nitrogens with zero attached hydrogens (tertiary/aromatic N) is 2. The minimum atomic E-state index is 0.00365. The van der Waals surface area contributed by atoms with E-state index in [1.807, 2.05) is 19.9 Å². The molecule has 0 saturated carbocycles. The van der Waals surface area contributed by atoms with Gasteiger partial charge in [-0.2, -0.15) is 5.26 Å². The van der Waals surface area contributed by atoms with Crippen molar-refractivity contribution in [3.63, 3.8) is 0 Å². The van der Waals surface area contributed by atoms with Crippen molar-refractivity contribution in [3.05, 3.63) is 23.9 Å². The smallest absolute Gasteiger partial charge is 0.221 e. The first-order chi connectivity index (χ1) is 8.11. The number of nitriles is 1. The van der Waals surface area contributed by atoms with Crippen LogP contribution in [0, 0.1) is 11.3 Å². The Kier molecular flexibility index (Phi) is 4.95. The van der Waals surface area contributed by atoms with Gasteiger partial charge in [0.15, 0.2) is 0 Å². The zero-order chi connectivity index (χ0) is 12.7. The van der Waals surface area contributed by atoms with E-state index >= 15 is 0 Å². The van der Waals surface area contributed by atoms with Crippen LogP contribution in [0.15, 0.2) is 18.2 Å². The van der Waals surface area contributed by atoms with E-state index in [-0.39, 0.29) is 11.9 Å². The highest BCUT2D eigenvalue weighted by Crippen LogP contribution is 2.03. The number of hydrogen-bond donors (Lipinski definition) is 2. The molecule has 1 amide bonds. The average Bonchev–Trinajstić information content (AvgIpc) is 2.28. The standard InChI is InChI=1S/C12H16N4O/c1-9(2)15-12(17)6-7-14-11-5-3-4-10(8-13)16-11/h3-5,9H,6-7H2,1-2H3,(H,14,16)(H,15,17). The van der Waals surface area contributed by atoms with Crippen molar-refractivity contribution in [1.29, 1.82) is 5.26 Å². The molecule has 0 unspecified atom stereocenters. The van der Waals surface area contributed by atoms with E-state index in [0.717, 1.165) is 0 Å². The van der Waals surface area contributed by atoms with Crippen LogP contribution in [0.25, 0.3) is 0 Å². The van der Waals surface area contributed by atoms with Crippen molar-refractivity contribution in [2.75, 3.05) is 11.9 Å². The molecule has 0 aliphatic carbocycles. The molecule has 0 aromatic carbocycles. The normalized spacial score (nSPS) is 9.76. The monoisotopic (exact) mass is 232 g/mol. The van der Waals surface area contributed by atoms with E-state index in [0.29, 0.717) is 24.5 Å². The molecule has 1 heterocycles. The number of rotatable bonds is 5. The summed E-state index contributed by atoms with van der Waals surface area (Å²) in [6.07, 6.45) is 0.386. The van der Waals surface area contributed by atoms with E-state index in [4.69, 9.17) is 5.26 Å². The van der Waals surface area contributed by atoms with Gasteiger partial charge in [-0.3, -0.25) is 4.79 Å². The maximum absolute atomic E-state index is 11.3. The molecule has 5 heteroatoms. The van der Waals surface area contributed by atoms with Gasteiger partial charge in [0.2, 0.25) is 5.91 Å². The average molecular weight is 232 g/mol. The van der Waals surface area contributed by atoms with Crippen LogP contribution < -0.4 is 10.6 Å². The van der Waals surface area contributed by atoms with Gasteiger partial charge in [0.05, 0.1) is 0 Å². The summed E-state index contributed by atoms with van der Waals surface area (Å²) >= 11 is 0. The first kappa shape index (κ1) is 13.0. The molecule has 1 aromatic heterocycles. The Morgan fingerprint density at radius 1 is 1.53 bits per heavy atom. The van der Waals surface area contributed by atoms with E-state index in [9.17, 15) is 4.79 Å². The number of amides is 1. The second-order valence-electron chi connectivity index (χ2n) is 3.92. The first-order valence-corrected chi connectivity index (χ1v) is 5.52. The van der Waals surface area contributed by atoms with Gasteiger partial charge in [0.1, 0.15) is 17.6 Å². The quantitative estimate of drug-likeness (QED) is 0.801. The van der Waals surface area contributed by atoms with Gasteiger partial charge in [-0.25, -0.2) is 4.98 Å². The fraction of sp³-hybridized carbons (Fsp3) is 0.417. The summed E-state index contributed by atoms with van der Waals surface area (Å²) in [6.45, 7) is 4.34. The number of aromatic nitrogens is 1. The molecule has 0 radical (unpaired) electrons. The molecule has 1 rings (SSSR count). The Morgan fingerprint density at radius 2 is 2.29 bits per heavy atom. The third-order valence-electron chi connectivity index (χ3n) is 1.97. The Labute approximate surface area is 101 Å². The SMILES string of the molecule is CC(C)NC(=O)CCNc1cccc(C#N)n1. The van der Waals surface area contributed by atoms with Crippen molar-refractivity contribution in [1.82, 2.24) is 10.3 Å². The lowest BCUT2D eigenvalue weighted by molar-refractivity contribution is -0.121. The number of anilines is 1. The molecule has 0 saturated heterocycles. The molecule has 0 aliphatic rings. The molecule has 0 spiro atoms. The van der Waals surface area contributed by atoms with Crippen LogP contribution in [-0.4, -0.2) is 23.5 Å². The first-order valence-electron chi connectivity index (χ1n) is 5.52. The maximum Gasteiger partial charge on any atom is 0.221 e. The third kappa shape index (κ3) is 4.98. The Balaban J connectivity index is 2.36. The van der Waals surface area contributed by atoms with Crippen LogP contribution in [0.5, 0.6) is 0 Å². The summed E-state index contributed by atoms with van der Waals surface area (Å²) in [6, 6.07) is 7.27. The minimum absolute atomic E-state index is 0.00365. The number of pyridine rings is 1.